The van der Waals surface area contributed by atoms with Gasteiger partial charge in [-0.1, -0.05) is 5.10 Å². The van der Waals surface area contributed by atoms with Crippen LogP contribution in [-0.4, -0.2) is 35.6 Å². The minimum Gasteiger partial charge on any atom is -0.408 e. The fourth-order valence-electron chi connectivity index (χ4n) is 0.915. The second kappa shape index (κ2) is 6.23. The molecule has 0 atom stereocenters. The number of anilines is 1. The maximum Gasteiger partial charge on any atom is 0.315 e. The summed E-state index contributed by atoms with van der Waals surface area (Å²) in [5, 5.41) is 12.9. The van der Waals surface area contributed by atoms with Crippen LogP contribution in [0, 0.1) is 0 Å². The summed E-state index contributed by atoms with van der Waals surface area (Å²) in [6, 6.07) is 0.319. The summed E-state index contributed by atoms with van der Waals surface area (Å²) in [5.41, 5.74) is 0. The highest BCUT2D eigenvalue weighted by atomic mass is 35.5. The zero-order valence-corrected chi connectivity index (χ0v) is 9.17. The molecular formula is C8H13ClN4O2. The molecule has 0 bridgehead atoms. The molecule has 1 aromatic rings. The summed E-state index contributed by atoms with van der Waals surface area (Å²) in [7, 11) is 1.59. The van der Waals surface area contributed by atoms with E-state index in [4.69, 9.17) is 16.0 Å². The van der Waals surface area contributed by atoms with Crippen LogP contribution in [0.5, 0.6) is 0 Å². The summed E-state index contributed by atoms with van der Waals surface area (Å²) >= 11 is 5.51. The first kappa shape index (κ1) is 11.8. The average molecular weight is 233 g/mol. The SMILES string of the molecule is CNC(=O)CCNc1nnc(CCCl)o1. The average Bonchev–Trinajstić information content (AvgIpc) is 2.66. The van der Waals surface area contributed by atoms with Gasteiger partial charge in [-0.3, -0.25) is 4.79 Å². The molecule has 0 saturated heterocycles. The molecule has 1 amide bonds. The van der Waals surface area contributed by atoms with E-state index in [-0.39, 0.29) is 5.91 Å². The number of aryl methyl sites for hydroxylation is 1. The van der Waals surface area contributed by atoms with Crippen molar-refractivity contribution in [2.75, 3.05) is 24.8 Å². The summed E-state index contributed by atoms with van der Waals surface area (Å²) in [6.45, 7) is 0.460. The molecule has 0 radical (unpaired) electrons. The molecule has 15 heavy (non-hydrogen) atoms. The third-order valence-corrected chi connectivity index (χ3v) is 1.87. The van der Waals surface area contributed by atoms with Crippen LogP contribution in [0.4, 0.5) is 6.01 Å². The van der Waals surface area contributed by atoms with Crippen LogP contribution in [0.25, 0.3) is 0 Å². The summed E-state index contributed by atoms with van der Waals surface area (Å²) in [6.07, 6.45) is 0.912. The normalized spacial score (nSPS) is 10.0. The van der Waals surface area contributed by atoms with E-state index in [0.717, 1.165) is 0 Å². The molecular weight excluding hydrogens is 220 g/mol. The second-order valence-electron chi connectivity index (χ2n) is 2.79. The van der Waals surface area contributed by atoms with E-state index in [1.807, 2.05) is 0 Å². The molecule has 1 heterocycles. The van der Waals surface area contributed by atoms with Crippen molar-refractivity contribution in [3.63, 3.8) is 0 Å². The maximum atomic E-state index is 10.9. The van der Waals surface area contributed by atoms with Crippen molar-refractivity contribution in [2.24, 2.45) is 0 Å². The Morgan fingerprint density at radius 3 is 3.00 bits per heavy atom. The summed E-state index contributed by atoms with van der Waals surface area (Å²) in [4.78, 5) is 10.9. The first-order valence-corrected chi connectivity index (χ1v) is 5.12. The second-order valence-corrected chi connectivity index (χ2v) is 3.17. The number of carbonyl (C=O) groups is 1. The lowest BCUT2D eigenvalue weighted by atomic mass is 10.4. The van der Waals surface area contributed by atoms with Crippen molar-refractivity contribution >= 4 is 23.5 Å². The van der Waals surface area contributed by atoms with E-state index >= 15 is 0 Å². The zero-order chi connectivity index (χ0) is 11.1. The fraction of sp³-hybridized carbons (Fsp3) is 0.625. The van der Waals surface area contributed by atoms with Gasteiger partial charge in [-0.2, -0.15) is 0 Å². The molecule has 0 aliphatic carbocycles. The molecule has 7 heteroatoms. The molecule has 0 aromatic carbocycles. The number of nitrogens with zero attached hydrogens (tertiary/aromatic N) is 2. The van der Waals surface area contributed by atoms with Gasteiger partial charge in [0, 0.05) is 32.3 Å². The molecule has 0 unspecified atom stereocenters. The van der Waals surface area contributed by atoms with Gasteiger partial charge >= 0.3 is 6.01 Å². The Bertz CT molecular complexity index is 315. The van der Waals surface area contributed by atoms with Crippen LogP contribution in [0.1, 0.15) is 12.3 Å². The predicted octanol–water partition coefficient (Wildman–Crippen LogP) is 0.399. The van der Waals surface area contributed by atoms with Gasteiger partial charge < -0.3 is 15.1 Å². The monoisotopic (exact) mass is 232 g/mol. The van der Waals surface area contributed by atoms with Gasteiger partial charge in [0.05, 0.1) is 0 Å². The molecule has 0 saturated carbocycles. The van der Waals surface area contributed by atoms with E-state index < -0.39 is 0 Å². The van der Waals surface area contributed by atoms with Gasteiger partial charge in [0.15, 0.2) is 0 Å². The Kier molecular flexibility index (Phi) is 4.89. The third kappa shape index (κ3) is 4.16. The number of rotatable bonds is 6. The minimum absolute atomic E-state index is 0.0389. The van der Waals surface area contributed by atoms with Gasteiger partial charge in [0.25, 0.3) is 0 Å². The van der Waals surface area contributed by atoms with Gasteiger partial charge in [-0.25, -0.2) is 0 Å². The van der Waals surface area contributed by atoms with E-state index in [2.05, 4.69) is 20.8 Å². The van der Waals surface area contributed by atoms with E-state index in [9.17, 15) is 4.79 Å². The summed E-state index contributed by atoms with van der Waals surface area (Å²) < 4.78 is 5.19. The molecule has 0 aliphatic rings. The zero-order valence-electron chi connectivity index (χ0n) is 8.42. The van der Waals surface area contributed by atoms with Crippen LogP contribution in [0.2, 0.25) is 0 Å². The number of nitrogens with one attached hydrogen (secondary N) is 2. The van der Waals surface area contributed by atoms with E-state index in [1.54, 1.807) is 7.05 Å². The Hall–Kier alpha value is -1.30. The first-order valence-electron chi connectivity index (χ1n) is 4.59. The number of carbonyl (C=O) groups excluding carboxylic acids is 1. The van der Waals surface area contributed by atoms with Crippen molar-refractivity contribution in [3.8, 4) is 0 Å². The Morgan fingerprint density at radius 1 is 1.53 bits per heavy atom. The van der Waals surface area contributed by atoms with Crippen LogP contribution < -0.4 is 10.6 Å². The number of aromatic nitrogens is 2. The van der Waals surface area contributed by atoms with E-state index in [0.29, 0.717) is 37.2 Å². The molecule has 0 spiro atoms. The Balaban J connectivity index is 2.28. The number of hydrogen-bond donors (Lipinski definition) is 2. The molecule has 0 fully saturated rings. The molecule has 6 nitrogen and oxygen atoms in total. The molecule has 2 N–H and O–H groups in total. The van der Waals surface area contributed by atoms with Gasteiger partial charge in [0.2, 0.25) is 11.8 Å². The van der Waals surface area contributed by atoms with Crippen molar-refractivity contribution in [1.29, 1.82) is 0 Å². The van der Waals surface area contributed by atoms with Crippen LogP contribution >= 0.6 is 11.6 Å². The highest BCUT2D eigenvalue weighted by molar-refractivity contribution is 6.17. The number of halogens is 1. The smallest absolute Gasteiger partial charge is 0.315 e. The van der Waals surface area contributed by atoms with Gasteiger partial charge in [0.1, 0.15) is 0 Å². The Morgan fingerprint density at radius 2 is 2.33 bits per heavy atom. The van der Waals surface area contributed by atoms with E-state index in [1.165, 1.54) is 0 Å². The first-order chi connectivity index (χ1) is 7.26. The summed E-state index contributed by atoms with van der Waals surface area (Å²) in [5.74, 6) is 0.898. The lowest BCUT2D eigenvalue weighted by Crippen LogP contribution is -2.20. The topological polar surface area (TPSA) is 80.0 Å². The van der Waals surface area contributed by atoms with Crippen LogP contribution in [0.15, 0.2) is 4.42 Å². The fourth-order valence-corrected chi connectivity index (χ4v) is 1.08. The van der Waals surface area contributed by atoms with Crippen molar-refractivity contribution < 1.29 is 9.21 Å². The molecule has 1 aromatic heterocycles. The predicted molar refractivity (Wildman–Crippen MR) is 55.9 cm³/mol. The van der Waals surface area contributed by atoms with Crippen molar-refractivity contribution in [2.45, 2.75) is 12.8 Å². The molecule has 0 aliphatic heterocycles. The standard InChI is InChI=1S/C8H13ClN4O2/c1-10-6(14)3-5-11-8-13-12-7(15-8)2-4-9/h2-5H2,1H3,(H,10,14)(H,11,13). The number of amides is 1. The third-order valence-electron chi connectivity index (χ3n) is 1.68. The largest absolute Gasteiger partial charge is 0.408 e. The lowest BCUT2D eigenvalue weighted by Gasteiger charge is -1.99. The molecule has 1 rings (SSSR count). The van der Waals surface area contributed by atoms with Gasteiger partial charge in [-0.05, 0) is 0 Å². The number of hydrogen-bond acceptors (Lipinski definition) is 5. The van der Waals surface area contributed by atoms with Crippen LogP contribution in [-0.2, 0) is 11.2 Å². The van der Waals surface area contributed by atoms with Gasteiger partial charge in [-0.15, -0.1) is 16.7 Å². The quantitative estimate of drug-likeness (QED) is 0.694. The highest BCUT2D eigenvalue weighted by Gasteiger charge is 2.05. The van der Waals surface area contributed by atoms with Crippen molar-refractivity contribution in [1.82, 2.24) is 15.5 Å². The minimum atomic E-state index is -0.0389. The number of alkyl halides is 1. The molecule has 84 valence electrons. The maximum absolute atomic E-state index is 10.9. The highest BCUT2D eigenvalue weighted by Crippen LogP contribution is 2.06. The van der Waals surface area contributed by atoms with Crippen LogP contribution in [0.3, 0.4) is 0 Å². The van der Waals surface area contributed by atoms with Crippen molar-refractivity contribution in [3.05, 3.63) is 5.89 Å². The lowest BCUT2D eigenvalue weighted by molar-refractivity contribution is -0.120. The Labute approximate surface area is 92.4 Å².